The molecule has 1 aliphatic heterocycles. The Labute approximate surface area is 120 Å². The molecule has 2 rings (SSSR count). The summed E-state index contributed by atoms with van der Waals surface area (Å²) in [5.41, 5.74) is 3.24. The number of methoxy groups -OCH3 is 1. The molecular formula is C15H25N3O2. The molecule has 1 aromatic heterocycles. The zero-order valence-corrected chi connectivity index (χ0v) is 12.9. The molecule has 0 unspecified atom stereocenters. The molecule has 0 aliphatic carbocycles. The zero-order valence-electron chi connectivity index (χ0n) is 12.9. The number of likely N-dealkylation sites (tertiary alicyclic amines) is 1. The fourth-order valence-electron chi connectivity index (χ4n) is 2.90. The third-order valence-corrected chi connectivity index (χ3v) is 4.41. The number of hydrogen-bond acceptors (Lipinski definition) is 3. The molecule has 1 aliphatic rings. The number of piperidine rings is 1. The lowest BCUT2D eigenvalue weighted by Crippen LogP contribution is -2.46. The Morgan fingerprint density at radius 1 is 1.50 bits per heavy atom. The van der Waals surface area contributed by atoms with E-state index in [1.165, 1.54) is 5.56 Å². The average molecular weight is 279 g/mol. The van der Waals surface area contributed by atoms with E-state index in [0.29, 0.717) is 12.3 Å². The Kier molecular flexibility index (Phi) is 4.81. The Morgan fingerprint density at radius 2 is 2.25 bits per heavy atom. The molecule has 0 bridgehead atoms. The van der Waals surface area contributed by atoms with Crippen molar-refractivity contribution in [2.45, 2.75) is 46.1 Å². The van der Waals surface area contributed by atoms with Gasteiger partial charge in [0, 0.05) is 32.3 Å². The second-order valence-corrected chi connectivity index (χ2v) is 5.79. The van der Waals surface area contributed by atoms with E-state index in [-0.39, 0.29) is 12.0 Å². The van der Waals surface area contributed by atoms with Crippen LogP contribution in [0.25, 0.3) is 0 Å². The van der Waals surface area contributed by atoms with Gasteiger partial charge in [-0.2, -0.15) is 5.10 Å². The van der Waals surface area contributed by atoms with E-state index in [4.69, 9.17) is 4.74 Å². The first-order valence-electron chi connectivity index (χ1n) is 7.34. The van der Waals surface area contributed by atoms with Gasteiger partial charge < -0.3 is 9.64 Å². The van der Waals surface area contributed by atoms with Gasteiger partial charge in [0.1, 0.15) is 0 Å². The van der Waals surface area contributed by atoms with Gasteiger partial charge in [0.25, 0.3) is 0 Å². The Morgan fingerprint density at radius 3 is 2.85 bits per heavy atom. The number of ether oxygens (including phenoxy) is 1. The van der Waals surface area contributed by atoms with E-state index in [0.717, 1.165) is 37.3 Å². The summed E-state index contributed by atoms with van der Waals surface area (Å²) in [4.78, 5) is 14.3. The van der Waals surface area contributed by atoms with Gasteiger partial charge >= 0.3 is 0 Å². The maximum absolute atomic E-state index is 12.3. The summed E-state index contributed by atoms with van der Waals surface area (Å²) in [6, 6.07) is 0. The summed E-state index contributed by atoms with van der Waals surface area (Å²) in [5.74, 6) is 0.751. The highest BCUT2D eigenvalue weighted by Gasteiger charge is 2.28. The highest BCUT2D eigenvalue weighted by atomic mass is 16.5. The second-order valence-electron chi connectivity index (χ2n) is 5.79. The van der Waals surface area contributed by atoms with Crippen LogP contribution in [0.4, 0.5) is 0 Å². The van der Waals surface area contributed by atoms with Crippen molar-refractivity contribution in [3.05, 3.63) is 17.0 Å². The van der Waals surface area contributed by atoms with Gasteiger partial charge in [-0.1, -0.05) is 6.92 Å². The van der Waals surface area contributed by atoms with Gasteiger partial charge in [-0.3, -0.25) is 9.89 Å². The van der Waals surface area contributed by atoms with Crippen molar-refractivity contribution in [3.8, 4) is 0 Å². The Hall–Kier alpha value is -1.36. The number of carbonyl (C=O) groups is 1. The van der Waals surface area contributed by atoms with E-state index >= 15 is 0 Å². The molecule has 5 heteroatoms. The van der Waals surface area contributed by atoms with Crippen LogP contribution in [-0.2, 0) is 16.0 Å². The largest absolute Gasteiger partial charge is 0.379 e. The highest BCUT2D eigenvalue weighted by Crippen LogP contribution is 2.20. The summed E-state index contributed by atoms with van der Waals surface area (Å²) in [7, 11) is 1.73. The van der Waals surface area contributed by atoms with E-state index in [9.17, 15) is 4.79 Å². The molecule has 0 radical (unpaired) electrons. The van der Waals surface area contributed by atoms with Crippen molar-refractivity contribution in [3.63, 3.8) is 0 Å². The normalized spacial score (nSPS) is 23.1. The molecule has 0 aromatic carbocycles. The number of nitrogens with zero attached hydrogens (tertiary/aromatic N) is 2. The molecule has 1 aromatic rings. The number of aromatic nitrogens is 2. The minimum absolute atomic E-state index is 0.171. The number of aryl methyl sites for hydroxylation is 2. The molecule has 0 spiro atoms. The van der Waals surface area contributed by atoms with Crippen molar-refractivity contribution in [2.75, 3.05) is 20.2 Å². The Balaban J connectivity index is 1.89. The van der Waals surface area contributed by atoms with Crippen molar-refractivity contribution in [1.82, 2.24) is 15.1 Å². The quantitative estimate of drug-likeness (QED) is 0.915. The predicted molar refractivity (Wildman–Crippen MR) is 77.5 cm³/mol. The van der Waals surface area contributed by atoms with Crippen LogP contribution in [-0.4, -0.2) is 47.3 Å². The standard InChI is InChI=1S/C15H25N3O2/c1-10-7-8-18(9-14(10)20-4)15(19)6-5-13-11(2)16-17-12(13)3/h10,14H,5-9H2,1-4H3,(H,16,17)/t10-,14-/m1/s1. The molecule has 112 valence electrons. The number of aromatic amines is 1. The van der Waals surface area contributed by atoms with E-state index in [1.54, 1.807) is 7.11 Å². The van der Waals surface area contributed by atoms with Crippen molar-refractivity contribution in [1.29, 1.82) is 0 Å². The van der Waals surface area contributed by atoms with E-state index < -0.39 is 0 Å². The van der Waals surface area contributed by atoms with Crippen LogP contribution in [0.5, 0.6) is 0 Å². The van der Waals surface area contributed by atoms with E-state index in [2.05, 4.69) is 17.1 Å². The fourth-order valence-corrected chi connectivity index (χ4v) is 2.90. The monoisotopic (exact) mass is 279 g/mol. The summed E-state index contributed by atoms with van der Waals surface area (Å²) < 4.78 is 5.46. The molecule has 20 heavy (non-hydrogen) atoms. The number of rotatable bonds is 4. The van der Waals surface area contributed by atoms with Gasteiger partial charge in [-0.25, -0.2) is 0 Å². The van der Waals surface area contributed by atoms with Gasteiger partial charge in [0.05, 0.1) is 11.8 Å². The molecule has 1 saturated heterocycles. The van der Waals surface area contributed by atoms with Crippen LogP contribution in [0, 0.1) is 19.8 Å². The fraction of sp³-hybridized carbons (Fsp3) is 0.733. The first-order valence-corrected chi connectivity index (χ1v) is 7.34. The maximum atomic E-state index is 12.3. The first-order chi connectivity index (χ1) is 9.52. The average Bonchev–Trinajstić information content (AvgIpc) is 2.76. The zero-order chi connectivity index (χ0) is 14.7. The lowest BCUT2D eigenvalue weighted by molar-refractivity contribution is -0.136. The maximum Gasteiger partial charge on any atom is 0.222 e. The molecule has 5 nitrogen and oxygen atoms in total. The van der Waals surface area contributed by atoms with Crippen LogP contribution in [0.15, 0.2) is 0 Å². The molecule has 2 heterocycles. The minimum atomic E-state index is 0.171. The summed E-state index contributed by atoms with van der Waals surface area (Å²) in [6.07, 6.45) is 2.50. The second kappa shape index (κ2) is 6.39. The molecular weight excluding hydrogens is 254 g/mol. The summed E-state index contributed by atoms with van der Waals surface area (Å²) in [5, 5.41) is 7.14. The summed E-state index contributed by atoms with van der Waals surface area (Å²) >= 11 is 0. The number of amides is 1. The molecule has 2 atom stereocenters. The Bertz CT molecular complexity index is 450. The van der Waals surface area contributed by atoms with Crippen LogP contribution >= 0.6 is 0 Å². The van der Waals surface area contributed by atoms with Crippen LogP contribution in [0.2, 0.25) is 0 Å². The van der Waals surface area contributed by atoms with Gasteiger partial charge in [0.15, 0.2) is 0 Å². The molecule has 1 fully saturated rings. The van der Waals surface area contributed by atoms with E-state index in [1.807, 2.05) is 18.7 Å². The molecule has 1 amide bonds. The lowest BCUT2D eigenvalue weighted by Gasteiger charge is -2.36. The van der Waals surface area contributed by atoms with Gasteiger partial charge in [-0.05, 0) is 38.2 Å². The highest BCUT2D eigenvalue weighted by molar-refractivity contribution is 5.76. The van der Waals surface area contributed by atoms with Crippen LogP contribution < -0.4 is 0 Å². The smallest absolute Gasteiger partial charge is 0.222 e. The number of carbonyl (C=O) groups excluding carboxylic acids is 1. The minimum Gasteiger partial charge on any atom is -0.379 e. The van der Waals surface area contributed by atoms with Gasteiger partial charge in [0.2, 0.25) is 5.91 Å². The molecule has 0 saturated carbocycles. The summed E-state index contributed by atoms with van der Waals surface area (Å²) in [6.45, 7) is 7.74. The number of H-pyrrole nitrogens is 1. The topological polar surface area (TPSA) is 58.2 Å². The van der Waals surface area contributed by atoms with Gasteiger partial charge in [-0.15, -0.1) is 0 Å². The van der Waals surface area contributed by atoms with Crippen LogP contribution in [0.3, 0.4) is 0 Å². The third-order valence-electron chi connectivity index (χ3n) is 4.41. The van der Waals surface area contributed by atoms with Crippen molar-refractivity contribution in [2.24, 2.45) is 5.92 Å². The number of hydrogen-bond donors (Lipinski definition) is 1. The third kappa shape index (κ3) is 3.20. The molecule has 1 N–H and O–H groups in total. The SMILES string of the molecule is CO[C@@H]1CN(C(=O)CCc2c(C)n[nH]c2C)CC[C@H]1C. The number of nitrogens with one attached hydrogen (secondary N) is 1. The first kappa shape index (κ1) is 15.0. The predicted octanol–water partition coefficient (Wildman–Crippen LogP) is 1.84. The van der Waals surface area contributed by atoms with Crippen molar-refractivity contribution >= 4 is 5.91 Å². The lowest BCUT2D eigenvalue weighted by atomic mass is 9.95. The van der Waals surface area contributed by atoms with Crippen LogP contribution in [0.1, 0.15) is 36.7 Å². The van der Waals surface area contributed by atoms with Crippen molar-refractivity contribution < 1.29 is 9.53 Å².